The van der Waals surface area contributed by atoms with Crippen molar-refractivity contribution in [3.8, 4) is 0 Å². The molecule has 0 aliphatic carbocycles. The van der Waals surface area contributed by atoms with E-state index in [1.165, 1.54) is 12.1 Å². The fraction of sp³-hybridized carbons (Fsp3) is 0.600. The third kappa shape index (κ3) is 3.25. The molecule has 0 spiro atoms. The molecule has 19 heavy (non-hydrogen) atoms. The fourth-order valence-corrected chi connectivity index (χ4v) is 2.89. The maximum atomic E-state index is 13.4. The van der Waals surface area contributed by atoms with Gasteiger partial charge in [-0.25, -0.2) is 4.39 Å². The van der Waals surface area contributed by atoms with Crippen molar-refractivity contribution in [1.29, 1.82) is 0 Å². The van der Waals surface area contributed by atoms with Crippen LogP contribution < -0.4 is 4.90 Å². The van der Waals surface area contributed by atoms with Crippen LogP contribution >= 0.6 is 0 Å². The summed E-state index contributed by atoms with van der Waals surface area (Å²) in [5, 5.41) is 9.85. The minimum absolute atomic E-state index is 0.289. The van der Waals surface area contributed by atoms with Crippen molar-refractivity contribution >= 4 is 5.69 Å². The molecule has 4 heteroatoms. The van der Waals surface area contributed by atoms with Crippen molar-refractivity contribution in [2.75, 3.05) is 32.1 Å². The Bertz CT molecular complexity index is 434. The zero-order valence-corrected chi connectivity index (χ0v) is 11.9. The van der Waals surface area contributed by atoms with Gasteiger partial charge in [0, 0.05) is 30.4 Å². The van der Waals surface area contributed by atoms with Gasteiger partial charge in [0.25, 0.3) is 0 Å². The van der Waals surface area contributed by atoms with E-state index in [-0.39, 0.29) is 5.82 Å². The molecule has 1 N–H and O–H groups in total. The Morgan fingerprint density at radius 1 is 1.47 bits per heavy atom. The highest BCUT2D eigenvalue weighted by molar-refractivity contribution is 5.56. The summed E-state index contributed by atoms with van der Waals surface area (Å²) in [5.74, 6) is -0.289. The summed E-state index contributed by atoms with van der Waals surface area (Å²) < 4.78 is 13.4. The van der Waals surface area contributed by atoms with E-state index in [1.54, 1.807) is 13.0 Å². The Balaban J connectivity index is 2.29. The van der Waals surface area contributed by atoms with E-state index in [2.05, 4.69) is 23.9 Å². The zero-order chi connectivity index (χ0) is 14.0. The van der Waals surface area contributed by atoms with Crippen LogP contribution in [-0.2, 0) is 0 Å². The third-order valence-corrected chi connectivity index (χ3v) is 3.70. The Morgan fingerprint density at radius 2 is 2.21 bits per heavy atom. The van der Waals surface area contributed by atoms with Crippen molar-refractivity contribution in [3.05, 3.63) is 29.6 Å². The van der Waals surface area contributed by atoms with E-state index in [0.717, 1.165) is 31.6 Å². The maximum Gasteiger partial charge on any atom is 0.123 e. The maximum absolute atomic E-state index is 13.4. The topological polar surface area (TPSA) is 26.7 Å². The predicted octanol–water partition coefficient (Wildman–Crippen LogP) is 2.41. The highest BCUT2D eigenvalue weighted by atomic mass is 19.1. The highest BCUT2D eigenvalue weighted by Gasteiger charge is 2.27. The van der Waals surface area contributed by atoms with Gasteiger partial charge in [-0.15, -0.1) is 0 Å². The number of hydrogen-bond donors (Lipinski definition) is 1. The number of aliphatic hydroxyl groups excluding tert-OH is 1. The van der Waals surface area contributed by atoms with E-state index in [0.29, 0.717) is 11.6 Å². The first-order chi connectivity index (χ1) is 8.99. The Kier molecular flexibility index (Phi) is 4.42. The van der Waals surface area contributed by atoms with Crippen LogP contribution in [0.2, 0.25) is 0 Å². The summed E-state index contributed by atoms with van der Waals surface area (Å²) in [4.78, 5) is 4.48. The fourth-order valence-electron chi connectivity index (χ4n) is 2.89. The average Bonchev–Trinajstić information content (AvgIpc) is 2.76. The van der Waals surface area contributed by atoms with Crippen molar-refractivity contribution in [2.45, 2.75) is 31.9 Å². The lowest BCUT2D eigenvalue weighted by Gasteiger charge is -2.31. The van der Waals surface area contributed by atoms with Crippen molar-refractivity contribution < 1.29 is 9.50 Å². The van der Waals surface area contributed by atoms with Gasteiger partial charge in [-0.1, -0.05) is 0 Å². The molecule has 1 aromatic rings. The van der Waals surface area contributed by atoms with Gasteiger partial charge in [-0.3, -0.25) is 0 Å². The number of rotatable bonds is 4. The molecule has 1 fully saturated rings. The molecule has 0 amide bonds. The van der Waals surface area contributed by atoms with Gasteiger partial charge in [0.1, 0.15) is 5.82 Å². The molecule has 0 saturated carbocycles. The predicted molar refractivity (Wildman–Crippen MR) is 76.0 cm³/mol. The normalized spacial score (nSPS) is 21.2. The lowest BCUT2D eigenvalue weighted by molar-refractivity contribution is 0.199. The second kappa shape index (κ2) is 5.88. The van der Waals surface area contributed by atoms with Gasteiger partial charge in [0.05, 0.1) is 6.10 Å². The zero-order valence-electron chi connectivity index (χ0n) is 11.9. The summed E-state index contributed by atoms with van der Waals surface area (Å²) >= 11 is 0. The van der Waals surface area contributed by atoms with E-state index in [9.17, 15) is 9.50 Å². The smallest absolute Gasteiger partial charge is 0.123 e. The van der Waals surface area contributed by atoms with Gasteiger partial charge in [-0.05, 0) is 52.1 Å². The first-order valence-electron chi connectivity index (χ1n) is 6.88. The van der Waals surface area contributed by atoms with Crippen LogP contribution in [0.3, 0.4) is 0 Å². The highest BCUT2D eigenvalue weighted by Crippen LogP contribution is 2.32. The molecule has 2 unspecified atom stereocenters. The van der Waals surface area contributed by atoms with Crippen LogP contribution in [0, 0.1) is 5.82 Å². The van der Waals surface area contributed by atoms with E-state index < -0.39 is 6.10 Å². The largest absolute Gasteiger partial charge is 0.389 e. The summed E-state index contributed by atoms with van der Waals surface area (Å²) in [6.45, 7) is 3.65. The van der Waals surface area contributed by atoms with Gasteiger partial charge in [-0.2, -0.15) is 0 Å². The van der Waals surface area contributed by atoms with E-state index in [1.807, 2.05) is 0 Å². The molecular formula is C15H23FN2O. The average molecular weight is 266 g/mol. The van der Waals surface area contributed by atoms with Crippen LogP contribution in [0.1, 0.15) is 31.4 Å². The molecule has 0 aromatic heterocycles. The number of aliphatic hydroxyl groups is 1. The van der Waals surface area contributed by atoms with Crippen LogP contribution in [0.15, 0.2) is 18.2 Å². The first kappa shape index (κ1) is 14.3. The monoisotopic (exact) mass is 266 g/mol. The molecule has 0 bridgehead atoms. The molecule has 1 heterocycles. The van der Waals surface area contributed by atoms with Crippen molar-refractivity contribution in [3.63, 3.8) is 0 Å². The van der Waals surface area contributed by atoms with E-state index in [4.69, 9.17) is 0 Å². The first-order valence-corrected chi connectivity index (χ1v) is 6.88. The minimum Gasteiger partial charge on any atom is -0.389 e. The molecule has 2 atom stereocenters. The second-order valence-electron chi connectivity index (χ2n) is 5.63. The molecule has 3 nitrogen and oxygen atoms in total. The number of likely N-dealkylation sites (N-methyl/N-ethyl adjacent to an activating group) is 1. The number of nitrogens with zero attached hydrogens (tertiary/aromatic N) is 2. The minimum atomic E-state index is -0.647. The van der Waals surface area contributed by atoms with Crippen LogP contribution in [-0.4, -0.2) is 43.2 Å². The lowest BCUT2D eigenvalue weighted by atomic mass is 10.1. The summed E-state index contributed by atoms with van der Waals surface area (Å²) in [7, 11) is 4.13. The Labute approximate surface area is 114 Å². The SMILES string of the molecule is CC(O)c1cc(F)ccc1N1CCCC1CN(C)C. The van der Waals surface area contributed by atoms with Crippen LogP contribution in [0.25, 0.3) is 0 Å². The molecule has 0 radical (unpaired) electrons. The number of halogens is 1. The number of anilines is 1. The number of hydrogen-bond acceptors (Lipinski definition) is 3. The van der Waals surface area contributed by atoms with Crippen molar-refractivity contribution in [1.82, 2.24) is 4.90 Å². The number of benzene rings is 1. The summed E-state index contributed by atoms with van der Waals surface area (Å²) in [6.07, 6.45) is 1.65. The standard InChI is InChI=1S/C15H23FN2O/c1-11(19)14-9-12(16)6-7-15(14)18-8-4-5-13(18)10-17(2)3/h6-7,9,11,13,19H,4-5,8,10H2,1-3H3. The summed E-state index contributed by atoms with van der Waals surface area (Å²) in [5.41, 5.74) is 1.66. The van der Waals surface area contributed by atoms with Gasteiger partial charge < -0.3 is 14.9 Å². The quantitative estimate of drug-likeness (QED) is 0.906. The lowest BCUT2D eigenvalue weighted by Crippen LogP contribution is -2.38. The van der Waals surface area contributed by atoms with Crippen molar-refractivity contribution in [2.24, 2.45) is 0 Å². The van der Waals surface area contributed by atoms with E-state index >= 15 is 0 Å². The Hall–Kier alpha value is -1.13. The molecule has 1 aliphatic heterocycles. The molecule has 106 valence electrons. The molecule has 1 aliphatic rings. The van der Waals surface area contributed by atoms with Gasteiger partial charge in [0.15, 0.2) is 0 Å². The molecular weight excluding hydrogens is 243 g/mol. The summed E-state index contributed by atoms with van der Waals surface area (Å²) in [6, 6.07) is 5.17. The van der Waals surface area contributed by atoms with Gasteiger partial charge in [0.2, 0.25) is 0 Å². The third-order valence-electron chi connectivity index (χ3n) is 3.70. The molecule has 2 rings (SSSR count). The molecule has 1 aromatic carbocycles. The second-order valence-corrected chi connectivity index (χ2v) is 5.63. The van der Waals surface area contributed by atoms with Crippen LogP contribution in [0.4, 0.5) is 10.1 Å². The van der Waals surface area contributed by atoms with Crippen LogP contribution in [0.5, 0.6) is 0 Å². The molecule has 1 saturated heterocycles. The Morgan fingerprint density at radius 3 is 2.84 bits per heavy atom. The van der Waals surface area contributed by atoms with Gasteiger partial charge >= 0.3 is 0 Å².